The molecule has 130 valence electrons. The van der Waals surface area contributed by atoms with Crippen molar-refractivity contribution >= 4 is 30.0 Å². The van der Waals surface area contributed by atoms with Gasteiger partial charge in [0.25, 0.3) is 5.91 Å². The highest BCUT2D eigenvalue weighted by molar-refractivity contribution is 6.23. The second kappa shape index (κ2) is 6.37. The third-order valence-electron chi connectivity index (χ3n) is 5.49. The van der Waals surface area contributed by atoms with Crippen LogP contribution in [0.2, 0.25) is 0 Å². The van der Waals surface area contributed by atoms with E-state index in [9.17, 15) is 9.59 Å². The van der Waals surface area contributed by atoms with Crippen LogP contribution in [0.15, 0.2) is 24.3 Å². The van der Waals surface area contributed by atoms with Gasteiger partial charge in [0.1, 0.15) is 5.54 Å². The van der Waals surface area contributed by atoms with E-state index in [1.54, 1.807) is 4.90 Å². The summed E-state index contributed by atoms with van der Waals surface area (Å²) in [5, 5.41) is 3.29. The summed E-state index contributed by atoms with van der Waals surface area (Å²) in [5.74, 6) is 0.627. The SMILES string of the molecule is CCN1C(=O)N(c2ccc(C3CC3)cc2)C(=O)C12CCNCC2.Cl. The average molecular weight is 350 g/mol. The predicted molar refractivity (Wildman–Crippen MR) is 95.8 cm³/mol. The van der Waals surface area contributed by atoms with E-state index in [1.807, 2.05) is 19.1 Å². The maximum atomic E-state index is 13.1. The predicted octanol–water partition coefficient (Wildman–Crippen LogP) is 2.90. The molecule has 0 unspecified atom stereocenters. The number of nitrogens with one attached hydrogen (secondary N) is 1. The minimum atomic E-state index is -0.647. The number of hydrogen-bond donors (Lipinski definition) is 1. The van der Waals surface area contributed by atoms with E-state index >= 15 is 0 Å². The smallest absolute Gasteiger partial charge is 0.317 e. The van der Waals surface area contributed by atoms with Crippen molar-refractivity contribution in [2.24, 2.45) is 0 Å². The Hall–Kier alpha value is -1.59. The van der Waals surface area contributed by atoms with Gasteiger partial charge in [-0.3, -0.25) is 4.79 Å². The van der Waals surface area contributed by atoms with Crippen LogP contribution in [0.3, 0.4) is 0 Å². The highest BCUT2D eigenvalue weighted by atomic mass is 35.5. The summed E-state index contributed by atoms with van der Waals surface area (Å²) in [6.07, 6.45) is 3.89. The van der Waals surface area contributed by atoms with Crippen molar-refractivity contribution in [1.82, 2.24) is 10.2 Å². The average Bonchev–Trinajstić information content (AvgIpc) is 3.39. The van der Waals surface area contributed by atoms with Crippen molar-refractivity contribution in [2.75, 3.05) is 24.5 Å². The standard InChI is InChI=1S/C18H23N3O2.ClH/c1-2-20-17(23)21(16(22)18(20)9-11-19-12-10-18)15-7-5-14(6-8-15)13-3-4-13;/h5-8,13,19H,2-4,9-12H2,1H3;1H. The molecule has 1 spiro atoms. The summed E-state index contributed by atoms with van der Waals surface area (Å²) in [5.41, 5.74) is 1.38. The number of halogens is 1. The number of amides is 3. The van der Waals surface area contributed by atoms with Crippen molar-refractivity contribution in [3.05, 3.63) is 29.8 Å². The topological polar surface area (TPSA) is 52.7 Å². The molecule has 0 radical (unpaired) electrons. The second-order valence-corrected chi connectivity index (χ2v) is 6.81. The molecule has 0 atom stereocenters. The molecule has 1 aromatic carbocycles. The minimum absolute atomic E-state index is 0. The Kier molecular flexibility index (Phi) is 4.58. The number of piperidine rings is 1. The molecule has 0 aromatic heterocycles. The van der Waals surface area contributed by atoms with Gasteiger partial charge in [-0.25, -0.2) is 9.69 Å². The van der Waals surface area contributed by atoms with Gasteiger partial charge in [0.2, 0.25) is 0 Å². The van der Waals surface area contributed by atoms with Crippen LogP contribution in [0.1, 0.15) is 44.1 Å². The zero-order valence-corrected chi connectivity index (χ0v) is 14.8. The number of rotatable bonds is 3. The van der Waals surface area contributed by atoms with E-state index in [1.165, 1.54) is 23.3 Å². The molecule has 1 aromatic rings. The van der Waals surface area contributed by atoms with Crippen LogP contribution >= 0.6 is 12.4 Å². The molecular formula is C18H24ClN3O2. The van der Waals surface area contributed by atoms with Gasteiger partial charge in [0.15, 0.2) is 0 Å². The van der Waals surface area contributed by atoms with E-state index in [0.29, 0.717) is 31.0 Å². The second-order valence-electron chi connectivity index (χ2n) is 6.81. The summed E-state index contributed by atoms with van der Waals surface area (Å²) in [6.45, 7) is 4.09. The monoisotopic (exact) mass is 349 g/mol. The molecule has 4 rings (SSSR count). The molecule has 5 nitrogen and oxygen atoms in total. The normalized spacial score (nSPS) is 22.9. The number of hydrogen-bond acceptors (Lipinski definition) is 3. The largest absolute Gasteiger partial charge is 0.332 e. The van der Waals surface area contributed by atoms with E-state index in [2.05, 4.69) is 17.4 Å². The van der Waals surface area contributed by atoms with Crippen molar-refractivity contribution < 1.29 is 9.59 Å². The fourth-order valence-electron chi connectivity index (χ4n) is 4.02. The third kappa shape index (κ3) is 2.50. The minimum Gasteiger partial charge on any atom is -0.317 e. The highest BCUT2D eigenvalue weighted by Crippen LogP contribution is 2.42. The molecule has 2 heterocycles. The summed E-state index contributed by atoms with van der Waals surface area (Å²) in [7, 11) is 0. The Bertz CT molecular complexity index is 636. The third-order valence-corrected chi connectivity index (χ3v) is 5.49. The Morgan fingerprint density at radius 2 is 1.75 bits per heavy atom. The lowest BCUT2D eigenvalue weighted by Crippen LogP contribution is -2.55. The number of benzene rings is 1. The Balaban J connectivity index is 0.00000169. The van der Waals surface area contributed by atoms with Gasteiger partial charge in [-0.2, -0.15) is 0 Å². The molecule has 1 aliphatic carbocycles. The Morgan fingerprint density at radius 3 is 2.29 bits per heavy atom. The van der Waals surface area contributed by atoms with Crippen LogP contribution in [0.25, 0.3) is 0 Å². The quantitative estimate of drug-likeness (QED) is 0.854. The molecule has 6 heteroatoms. The fraction of sp³-hybridized carbons (Fsp3) is 0.556. The Labute approximate surface area is 148 Å². The number of likely N-dealkylation sites (N-methyl/N-ethyl adjacent to an activating group) is 1. The van der Waals surface area contributed by atoms with Crippen molar-refractivity contribution in [1.29, 1.82) is 0 Å². The fourth-order valence-corrected chi connectivity index (χ4v) is 4.02. The zero-order valence-electron chi connectivity index (χ0n) is 14.0. The summed E-state index contributed by atoms with van der Waals surface area (Å²) in [6, 6.07) is 7.82. The molecule has 3 aliphatic rings. The van der Waals surface area contributed by atoms with E-state index in [4.69, 9.17) is 0 Å². The number of carbonyl (C=O) groups is 2. The van der Waals surface area contributed by atoms with Gasteiger partial charge in [-0.15, -0.1) is 12.4 Å². The van der Waals surface area contributed by atoms with Crippen LogP contribution in [0, 0.1) is 0 Å². The van der Waals surface area contributed by atoms with Crippen molar-refractivity contribution in [3.63, 3.8) is 0 Å². The van der Waals surface area contributed by atoms with E-state index in [-0.39, 0.29) is 24.3 Å². The molecular weight excluding hydrogens is 326 g/mol. The van der Waals surface area contributed by atoms with E-state index in [0.717, 1.165) is 13.1 Å². The van der Waals surface area contributed by atoms with Crippen LogP contribution in [0.5, 0.6) is 0 Å². The number of urea groups is 1. The van der Waals surface area contributed by atoms with Gasteiger partial charge in [0, 0.05) is 6.54 Å². The van der Waals surface area contributed by atoms with Crippen LogP contribution < -0.4 is 10.2 Å². The molecule has 1 saturated carbocycles. The molecule has 1 N–H and O–H groups in total. The van der Waals surface area contributed by atoms with Gasteiger partial charge >= 0.3 is 6.03 Å². The summed E-state index contributed by atoms with van der Waals surface area (Å²) >= 11 is 0. The first-order valence-electron chi connectivity index (χ1n) is 8.64. The number of nitrogens with zero attached hydrogens (tertiary/aromatic N) is 2. The number of anilines is 1. The lowest BCUT2D eigenvalue weighted by atomic mass is 9.86. The maximum Gasteiger partial charge on any atom is 0.332 e. The zero-order chi connectivity index (χ0) is 16.0. The van der Waals surface area contributed by atoms with Crippen LogP contribution in [0.4, 0.5) is 10.5 Å². The lowest BCUT2D eigenvalue weighted by molar-refractivity contribution is -0.126. The van der Waals surface area contributed by atoms with Gasteiger partial charge in [-0.1, -0.05) is 12.1 Å². The first kappa shape index (κ1) is 17.2. The Morgan fingerprint density at radius 1 is 1.12 bits per heavy atom. The van der Waals surface area contributed by atoms with Gasteiger partial charge in [-0.05, 0) is 69.3 Å². The molecule has 24 heavy (non-hydrogen) atoms. The van der Waals surface area contributed by atoms with E-state index < -0.39 is 5.54 Å². The van der Waals surface area contributed by atoms with Crippen molar-refractivity contribution in [3.8, 4) is 0 Å². The van der Waals surface area contributed by atoms with Gasteiger partial charge in [0.05, 0.1) is 5.69 Å². The van der Waals surface area contributed by atoms with Crippen molar-refractivity contribution in [2.45, 2.75) is 44.1 Å². The maximum absolute atomic E-state index is 13.1. The van der Waals surface area contributed by atoms with Gasteiger partial charge < -0.3 is 10.2 Å². The van der Waals surface area contributed by atoms with Crippen LogP contribution in [-0.2, 0) is 4.79 Å². The molecule has 0 bridgehead atoms. The molecule has 3 amide bonds. The molecule has 2 aliphatic heterocycles. The molecule has 2 saturated heterocycles. The molecule has 3 fully saturated rings. The summed E-state index contributed by atoms with van der Waals surface area (Å²) in [4.78, 5) is 29.2. The highest BCUT2D eigenvalue weighted by Gasteiger charge is 2.57. The first-order chi connectivity index (χ1) is 11.2. The lowest BCUT2D eigenvalue weighted by Gasteiger charge is -2.37. The number of imide groups is 1. The van der Waals surface area contributed by atoms with Crippen LogP contribution in [-0.4, -0.2) is 42.0 Å². The number of carbonyl (C=O) groups excluding carboxylic acids is 2. The first-order valence-corrected chi connectivity index (χ1v) is 8.64. The summed E-state index contributed by atoms with van der Waals surface area (Å²) < 4.78 is 0.